The van der Waals surface area contributed by atoms with Crippen molar-refractivity contribution in [2.75, 3.05) is 27.4 Å². The van der Waals surface area contributed by atoms with E-state index in [-0.39, 0.29) is 5.41 Å². The van der Waals surface area contributed by atoms with Gasteiger partial charge in [0.15, 0.2) is 0 Å². The smallest absolute Gasteiger partial charge is 0.0538 e. The van der Waals surface area contributed by atoms with E-state index in [1.54, 1.807) is 14.2 Å². The standard InChI is InChI=1S/C14H30O2/c1-5-6-7-8-9-10-11-14(2,12-15-3)13-16-4/h5-13H2,1-4H3. The summed E-state index contributed by atoms with van der Waals surface area (Å²) in [7, 11) is 3.55. The van der Waals surface area contributed by atoms with Gasteiger partial charge in [0.2, 0.25) is 0 Å². The third-order valence-corrected chi connectivity index (χ3v) is 3.12. The van der Waals surface area contributed by atoms with Crippen molar-refractivity contribution in [3.8, 4) is 0 Å². The zero-order valence-corrected chi connectivity index (χ0v) is 11.7. The minimum atomic E-state index is 0.203. The van der Waals surface area contributed by atoms with Gasteiger partial charge < -0.3 is 9.47 Å². The number of unbranched alkanes of at least 4 members (excludes halogenated alkanes) is 5. The van der Waals surface area contributed by atoms with Crippen molar-refractivity contribution in [2.45, 2.75) is 58.8 Å². The first kappa shape index (κ1) is 15.9. The normalized spacial score (nSPS) is 12.0. The van der Waals surface area contributed by atoms with Crippen molar-refractivity contribution >= 4 is 0 Å². The Bertz CT molecular complexity index is 140. The fourth-order valence-electron chi connectivity index (χ4n) is 2.22. The van der Waals surface area contributed by atoms with E-state index in [0.29, 0.717) is 0 Å². The van der Waals surface area contributed by atoms with Crippen LogP contribution in [0.15, 0.2) is 0 Å². The summed E-state index contributed by atoms with van der Waals surface area (Å²) in [4.78, 5) is 0. The van der Waals surface area contributed by atoms with Gasteiger partial charge in [0.1, 0.15) is 0 Å². The molecule has 0 aromatic carbocycles. The van der Waals surface area contributed by atoms with E-state index in [1.807, 2.05) is 0 Å². The van der Waals surface area contributed by atoms with Crippen LogP contribution in [0.4, 0.5) is 0 Å². The first-order chi connectivity index (χ1) is 7.68. The molecule has 0 rings (SSSR count). The van der Waals surface area contributed by atoms with Crippen molar-refractivity contribution < 1.29 is 9.47 Å². The molecule has 0 aliphatic rings. The molecule has 0 aromatic heterocycles. The number of hydrogen-bond donors (Lipinski definition) is 0. The minimum absolute atomic E-state index is 0.203. The predicted molar refractivity (Wildman–Crippen MR) is 69.9 cm³/mol. The quantitative estimate of drug-likeness (QED) is 0.499. The van der Waals surface area contributed by atoms with Crippen LogP contribution in [0, 0.1) is 5.41 Å². The Labute approximate surface area is 102 Å². The molecule has 0 aromatic rings. The van der Waals surface area contributed by atoms with E-state index in [2.05, 4.69) is 13.8 Å². The highest BCUT2D eigenvalue weighted by molar-refractivity contribution is 4.73. The Morgan fingerprint density at radius 3 is 1.81 bits per heavy atom. The number of hydrogen-bond acceptors (Lipinski definition) is 2. The summed E-state index contributed by atoms with van der Waals surface area (Å²) in [5.41, 5.74) is 0.203. The second kappa shape index (κ2) is 10.1. The molecule has 0 saturated carbocycles. The summed E-state index contributed by atoms with van der Waals surface area (Å²) >= 11 is 0. The maximum Gasteiger partial charge on any atom is 0.0538 e. The van der Waals surface area contributed by atoms with Crippen LogP contribution in [0.2, 0.25) is 0 Å². The van der Waals surface area contributed by atoms with Gasteiger partial charge in [0, 0.05) is 19.6 Å². The average molecular weight is 230 g/mol. The van der Waals surface area contributed by atoms with Crippen molar-refractivity contribution in [2.24, 2.45) is 5.41 Å². The molecule has 98 valence electrons. The monoisotopic (exact) mass is 230 g/mol. The second-order valence-electron chi connectivity index (χ2n) is 5.19. The van der Waals surface area contributed by atoms with Gasteiger partial charge in [-0.25, -0.2) is 0 Å². The SMILES string of the molecule is CCCCCCCCC(C)(COC)COC. The molecule has 0 fully saturated rings. The van der Waals surface area contributed by atoms with Gasteiger partial charge in [0.25, 0.3) is 0 Å². The third-order valence-electron chi connectivity index (χ3n) is 3.12. The lowest BCUT2D eigenvalue weighted by Gasteiger charge is -2.27. The van der Waals surface area contributed by atoms with Crippen molar-refractivity contribution in [3.63, 3.8) is 0 Å². The van der Waals surface area contributed by atoms with Crippen molar-refractivity contribution in [1.82, 2.24) is 0 Å². The van der Waals surface area contributed by atoms with Crippen LogP contribution in [0.3, 0.4) is 0 Å². The van der Waals surface area contributed by atoms with Gasteiger partial charge in [-0.15, -0.1) is 0 Å². The third kappa shape index (κ3) is 8.12. The number of methoxy groups -OCH3 is 2. The summed E-state index contributed by atoms with van der Waals surface area (Å²) in [5.74, 6) is 0. The fourth-order valence-corrected chi connectivity index (χ4v) is 2.22. The minimum Gasteiger partial charge on any atom is -0.384 e. The molecule has 2 nitrogen and oxygen atoms in total. The van der Waals surface area contributed by atoms with Gasteiger partial charge in [-0.1, -0.05) is 52.4 Å². The highest BCUT2D eigenvalue weighted by Crippen LogP contribution is 2.25. The molecule has 0 saturated heterocycles. The fraction of sp³-hybridized carbons (Fsp3) is 1.00. The molecule has 0 spiro atoms. The summed E-state index contributed by atoms with van der Waals surface area (Å²) in [5, 5.41) is 0. The maximum absolute atomic E-state index is 5.28. The predicted octanol–water partition coefficient (Wildman–Crippen LogP) is 4.04. The number of rotatable bonds is 11. The van der Waals surface area contributed by atoms with E-state index in [0.717, 1.165) is 13.2 Å². The Morgan fingerprint density at radius 2 is 1.31 bits per heavy atom. The van der Waals surface area contributed by atoms with Gasteiger partial charge in [-0.05, 0) is 6.42 Å². The van der Waals surface area contributed by atoms with Crippen LogP contribution in [0.1, 0.15) is 58.8 Å². The summed E-state index contributed by atoms with van der Waals surface area (Å²) in [6, 6.07) is 0. The topological polar surface area (TPSA) is 18.5 Å². The lowest BCUT2D eigenvalue weighted by atomic mass is 9.86. The molecule has 0 unspecified atom stereocenters. The van der Waals surface area contributed by atoms with E-state index >= 15 is 0 Å². The van der Waals surface area contributed by atoms with E-state index < -0.39 is 0 Å². The second-order valence-corrected chi connectivity index (χ2v) is 5.19. The number of ether oxygens (including phenoxy) is 2. The van der Waals surface area contributed by atoms with Crippen LogP contribution >= 0.6 is 0 Å². The molecule has 16 heavy (non-hydrogen) atoms. The summed E-state index contributed by atoms with van der Waals surface area (Å²) < 4.78 is 10.6. The van der Waals surface area contributed by atoms with Crippen LogP contribution in [0.5, 0.6) is 0 Å². The molecular weight excluding hydrogens is 200 g/mol. The van der Waals surface area contributed by atoms with Crippen molar-refractivity contribution in [1.29, 1.82) is 0 Å². The molecule has 0 bridgehead atoms. The van der Waals surface area contributed by atoms with E-state index in [9.17, 15) is 0 Å². The van der Waals surface area contributed by atoms with Gasteiger partial charge in [0.05, 0.1) is 13.2 Å². The zero-order valence-electron chi connectivity index (χ0n) is 11.7. The molecule has 0 radical (unpaired) electrons. The summed E-state index contributed by atoms with van der Waals surface area (Å²) in [6.45, 7) is 6.12. The Hall–Kier alpha value is -0.0800. The van der Waals surface area contributed by atoms with Crippen LogP contribution in [0.25, 0.3) is 0 Å². The van der Waals surface area contributed by atoms with Gasteiger partial charge in [-0.3, -0.25) is 0 Å². The largest absolute Gasteiger partial charge is 0.384 e. The van der Waals surface area contributed by atoms with Gasteiger partial charge in [-0.2, -0.15) is 0 Å². The summed E-state index contributed by atoms with van der Waals surface area (Å²) in [6.07, 6.45) is 9.33. The zero-order chi connectivity index (χ0) is 12.3. The molecule has 2 heteroatoms. The van der Waals surface area contributed by atoms with Crippen molar-refractivity contribution in [3.05, 3.63) is 0 Å². The van der Waals surface area contributed by atoms with Crippen LogP contribution in [-0.4, -0.2) is 27.4 Å². The Balaban J connectivity index is 3.59. The first-order valence-electron chi connectivity index (χ1n) is 6.66. The highest BCUT2D eigenvalue weighted by atomic mass is 16.5. The molecular formula is C14H30O2. The molecule has 0 heterocycles. The van der Waals surface area contributed by atoms with E-state index in [1.165, 1.54) is 44.9 Å². The molecule has 0 atom stereocenters. The van der Waals surface area contributed by atoms with Crippen LogP contribution < -0.4 is 0 Å². The highest BCUT2D eigenvalue weighted by Gasteiger charge is 2.23. The Kier molecular flexibility index (Phi) is 10.0. The first-order valence-corrected chi connectivity index (χ1v) is 6.66. The van der Waals surface area contributed by atoms with Gasteiger partial charge >= 0.3 is 0 Å². The average Bonchev–Trinajstić information content (AvgIpc) is 2.24. The van der Waals surface area contributed by atoms with Crippen LogP contribution in [-0.2, 0) is 9.47 Å². The molecule has 0 N–H and O–H groups in total. The maximum atomic E-state index is 5.28. The Morgan fingerprint density at radius 1 is 0.812 bits per heavy atom. The van der Waals surface area contributed by atoms with E-state index in [4.69, 9.17) is 9.47 Å². The molecule has 0 aliphatic heterocycles. The lowest BCUT2D eigenvalue weighted by Crippen LogP contribution is -2.28. The molecule has 0 amide bonds. The molecule has 0 aliphatic carbocycles. The lowest BCUT2D eigenvalue weighted by molar-refractivity contribution is 0.0151.